The zero-order chi connectivity index (χ0) is 14.4. The number of hydrogen-bond acceptors (Lipinski definition) is 4. The van der Waals surface area contributed by atoms with Crippen LogP contribution >= 0.6 is 0 Å². The van der Waals surface area contributed by atoms with Crippen LogP contribution in [0.4, 0.5) is 0 Å². The van der Waals surface area contributed by atoms with E-state index in [1.807, 2.05) is 24.3 Å². The third-order valence-corrected chi connectivity index (χ3v) is 3.49. The molecule has 1 aromatic rings. The Morgan fingerprint density at radius 3 is 2.85 bits per heavy atom. The molecule has 1 aromatic carbocycles. The van der Waals surface area contributed by atoms with Crippen molar-refractivity contribution in [1.82, 2.24) is 4.90 Å². The van der Waals surface area contributed by atoms with Crippen LogP contribution in [0.2, 0.25) is 0 Å². The number of hydrogen-bond donors (Lipinski definition) is 1. The molecule has 0 amide bonds. The first-order valence-corrected chi connectivity index (χ1v) is 6.86. The zero-order valence-electron chi connectivity index (χ0n) is 11.7. The van der Waals surface area contributed by atoms with E-state index < -0.39 is 5.97 Å². The molecule has 1 heterocycles. The van der Waals surface area contributed by atoms with Crippen LogP contribution < -0.4 is 4.74 Å². The van der Waals surface area contributed by atoms with Gasteiger partial charge >= 0.3 is 5.97 Å². The van der Waals surface area contributed by atoms with Crippen LogP contribution in [-0.4, -0.2) is 55.4 Å². The summed E-state index contributed by atoms with van der Waals surface area (Å²) < 4.78 is 10.9. The van der Waals surface area contributed by atoms with Crippen molar-refractivity contribution in [1.29, 1.82) is 0 Å². The second-order valence-electron chi connectivity index (χ2n) is 4.99. The summed E-state index contributed by atoms with van der Waals surface area (Å²) in [7, 11) is 1.65. The minimum absolute atomic E-state index is 0.130. The molecule has 0 radical (unpaired) electrons. The van der Waals surface area contributed by atoms with E-state index in [4.69, 9.17) is 14.6 Å². The number of carboxylic acids is 1. The van der Waals surface area contributed by atoms with E-state index >= 15 is 0 Å². The third-order valence-electron chi connectivity index (χ3n) is 3.49. The molecular weight excluding hydrogens is 258 g/mol. The van der Waals surface area contributed by atoms with Gasteiger partial charge in [-0.3, -0.25) is 9.69 Å². The fourth-order valence-corrected chi connectivity index (χ4v) is 2.39. The molecule has 0 spiro atoms. The van der Waals surface area contributed by atoms with Gasteiger partial charge in [0.25, 0.3) is 0 Å². The Morgan fingerprint density at radius 2 is 2.20 bits per heavy atom. The lowest BCUT2D eigenvalue weighted by Crippen LogP contribution is -2.44. The second kappa shape index (κ2) is 7.26. The second-order valence-corrected chi connectivity index (χ2v) is 4.99. The zero-order valence-corrected chi connectivity index (χ0v) is 11.7. The number of methoxy groups -OCH3 is 1. The van der Waals surface area contributed by atoms with Crippen molar-refractivity contribution in [2.75, 3.05) is 33.4 Å². The van der Waals surface area contributed by atoms with Gasteiger partial charge in [0.1, 0.15) is 5.75 Å². The summed E-state index contributed by atoms with van der Waals surface area (Å²) in [6, 6.07) is 7.97. The molecule has 1 aliphatic rings. The van der Waals surface area contributed by atoms with Gasteiger partial charge in [-0.2, -0.15) is 0 Å². The molecule has 1 saturated heterocycles. The van der Waals surface area contributed by atoms with Crippen LogP contribution in [0.15, 0.2) is 24.3 Å². The number of ether oxygens (including phenoxy) is 2. The Balaban J connectivity index is 1.83. The number of morpholine rings is 1. The molecule has 5 heteroatoms. The van der Waals surface area contributed by atoms with Crippen molar-refractivity contribution in [2.45, 2.75) is 18.9 Å². The number of benzene rings is 1. The third kappa shape index (κ3) is 4.51. The number of carbonyl (C=O) groups is 1. The Morgan fingerprint density at radius 1 is 1.45 bits per heavy atom. The SMILES string of the molecule is COc1ccc(CC2CN(CCC(=O)O)CCO2)cc1. The van der Waals surface area contributed by atoms with Crippen LogP contribution in [0.25, 0.3) is 0 Å². The van der Waals surface area contributed by atoms with Crippen molar-refractivity contribution >= 4 is 5.97 Å². The first-order chi connectivity index (χ1) is 9.67. The molecule has 1 fully saturated rings. The van der Waals surface area contributed by atoms with E-state index in [-0.39, 0.29) is 12.5 Å². The molecular formula is C15H21NO4. The monoisotopic (exact) mass is 279 g/mol. The van der Waals surface area contributed by atoms with Gasteiger partial charge < -0.3 is 14.6 Å². The summed E-state index contributed by atoms with van der Waals surface area (Å²) in [4.78, 5) is 12.8. The van der Waals surface area contributed by atoms with Crippen molar-refractivity contribution in [2.24, 2.45) is 0 Å². The lowest BCUT2D eigenvalue weighted by molar-refractivity contribution is -0.137. The molecule has 1 atom stereocenters. The molecule has 2 rings (SSSR count). The van der Waals surface area contributed by atoms with E-state index in [1.165, 1.54) is 5.56 Å². The molecule has 1 unspecified atom stereocenters. The van der Waals surface area contributed by atoms with Gasteiger partial charge in [0, 0.05) is 19.6 Å². The lowest BCUT2D eigenvalue weighted by atomic mass is 10.1. The molecule has 1 N–H and O–H groups in total. The Bertz CT molecular complexity index is 432. The predicted octanol–water partition coefficient (Wildman–Crippen LogP) is 1.41. The highest BCUT2D eigenvalue weighted by Gasteiger charge is 2.21. The molecule has 1 aliphatic heterocycles. The van der Waals surface area contributed by atoms with Crippen molar-refractivity contribution < 1.29 is 19.4 Å². The maximum Gasteiger partial charge on any atom is 0.304 e. The minimum Gasteiger partial charge on any atom is -0.497 e. The van der Waals surface area contributed by atoms with Crippen LogP contribution in [0.1, 0.15) is 12.0 Å². The van der Waals surface area contributed by atoms with Crippen molar-refractivity contribution in [3.8, 4) is 5.75 Å². The standard InChI is InChI=1S/C15H21NO4/c1-19-13-4-2-12(3-5-13)10-14-11-16(8-9-20-14)7-6-15(17)18/h2-5,14H,6-11H2,1H3,(H,17,18). The summed E-state index contributed by atoms with van der Waals surface area (Å²) in [5.74, 6) is 0.101. The average molecular weight is 279 g/mol. The normalized spacial score (nSPS) is 19.8. The van der Waals surface area contributed by atoms with Crippen LogP contribution in [0, 0.1) is 0 Å². The number of carboxylic acid groups (broad SMARTS) is 1. The van der Waals surface area contributed by atoms with Gasteiger partial charge in [-0.15, -0.1) is 0 Å². The maximum absolute atomic E-state index is 10.6. The highest BCUT2D eigenvalue weighted by molar-refractivity contribution is 5.66. The highest BCUT2D eigenvalue weighted by atomic mass is 16.5. The van der Waals surface area contributed by atoms with Gasteiger partial charge in [0.15, 0.2) is 0 Å². The topological polar surface area (TPSA) is 59.0 Å². The van der Waals surface area contributed by atoms with Gasteiger partial charge in [-0.1, -0.05) is 12.1 Å². The van der Waals surface area contributed by atoms with Crippen molar-refractivity contribution in [3.63, 3.8) is 0 Å². The van der Waals surface area contributed by atoms with Gasteiger partial charge in [0.05, 0.1) is 26.2 Å². The molecule has 0 aromatic heterocycles. The summed E-state index contributed by atoms with van der Waals surface area (Å²) >= 11 is 0. The fraction of sp³-hybridized carbons (Fsp3) is 0.533. The molecule has 0 saturated carbocycles. The summed E-state index contributed by atoms with van der Waals surface area (Å²) in [6.45, 7) is 2.87. The largest absolute Gasteiger partial charge is 0.497 e. The van der Waals surface area contributed by atoms with E-state index in [0.29, 0.717) is 13.2 Å². The lowest BCUT2D eigenvalue weighted by Gasteiger charge is -2.32. The molecule has 0 aliphatic carbocycles. The number of rotatable bonds is 6. The first kappa shape index (κ1) is 14.8. The van der Waals surface area contributed by atoms with Crippen LogP contribution in [-0.2, 0) is 16.0 Å². The number of nitrogens with zero attached hydrogens (tertiary/aromatic N) is 1. The molecule has 5 nitrogen and oxygen atoms in total. The summed E-state index contributed by atoms with van der Waals surface area (Å²) in [5.41, 5.74) is 1.20. The van der Waals surface area contributed by atoms with Crippen LogP contribution in [0.3, 0.4) is 0 Å². The van der Waals surface area contributed by atoms with E-state index in [2.05, 4.69) is 4.90 Å². The molecule has 110 valence electrons. The van der Waals surface area contributed by atoms with E-state index in [1.54, 1.807) is 7.11 Å². The summed E-state index contributed by atoms with van der Waals surface area (Å²) in [5, 5.41) is 8.72. The Kier molecular flexibility index (Phi) is 5.38. The maximum atomic E-state index is 10.6. The van der Waals surface area contributed by atoms with Crippen molar-refractivity contribution in [3.05, 3.63) is 29.8 Å². The highest BCUT2D eigenvalue weighted by Crippen LogP contribution is 2.15. The van der Waals surface area contributed by atoms with E-state index in [0.717, 1.165) is 25.3 Å². The average Bonchev–Trinajstić information content (AvgIpc) is 2.46. The Labute approximate surface area is 119 Å². The first-order valence-electron chi connectivity index (χ1n) is 6.86. The van der Waals surface area contributed by atoms with Crippen LogP contribution in [0.5, 0.6) is 5.75 Å². The summed E-state index contributed by atoms with van der Waals surface area (Å²) in [6.07, 6.45) is 1.16. The number of aliphatic carboxylic acids is 1. The minimum atomic E-state index is -0.747. The predicted molar refractivity (Wildman–Crippen MR) is 75.1 cm³/mol. The van der Waals surface area contributed by atoms with Gasteiger partial charge in [0.2, 0.25) is 0 Å². The molecule has 0 bridgehead atoms. The smallest absolute Gasteiger partial charge is 0.304 e. The Hall–Kier alpha value is -1.59. The fourth-order valence-electron chi connectivity index (χ4n) is 2.39. The van der Waals surface area contributed by atoms with E-state index in [9.17, 15) is 4.79 Å². The van der Waals surface area contributed by atoms with Gasteiger partial charge in [-0.25, -0.2) is 0 Å². The molecule has 20 heavy (non-hydrogen) atoms. The quantitative estimate of drug-likeness (QED) is 0.853. The van der Waals surface area contributed by atoms with Gasteiger partial charge in [-0.05, 0) is 24.1 Å².